The Morgan fingerprint density at radius 2 is 1.92 bits per heavy atom. The smallest absolute Gasteiger partial charge is 0.308 e. The van der Waals surface area contributed by atoms with Crippen LogP contribution in [0.15, 0.2) is 0 Å². The SMILES string of the molecule is CCOC(C)OC(=O)CCC(C)=O. The second-order valence-corrected chi connectivity index (χ2v) is 2.71. The quantitative estimate of drug-likeness (QED) is 0.465. The molecule has 0 bridgehead atoms. The number of hydrogen-bond acceptors (Lipinski definition) is 4. The van der Waals surface area contributed by atoms with Gasteiger partial charge in [-0.25, -0.2) is 0 Å². The van der Waals surface area contributed by atoms with Crippen LogP contribution in [0.3, 0.4) is 0 Å². The minimum absolute atomic E-state index is 0.0130. The molecular weight excluding hydrogens is 172 g/mol. The standard InChI is InChI=1S/C9H16O4/c1-4-12-8(3)13-9(11)6-5-7(2)10/h8H,4-6H2,1-3H3. The zero-order valence-corrected chi connectivity index (χ0v) is 8.33. The molecule has 1 unspecified atom stereocenters. The Labute approximate surface area is 78.2 Å². The van der Waals surface area contributed by atoms with Crippen molar-refractivity contribution < 1.29 is 19.1 Å². The van der Waals surface area contributed by atoms with Crippen molar-refractivity contribution in [2.75, 3.05) is 6.61 Å². The number of rotatable bonds is 6. The van der Waals surface area contributed by atoms with Gasteiger partial charge in [0.25, 0.3) is 0 Å². The lowest BCUT2D eigenvalue weighted by atomic mass is 10.2. The van der Waals surface area contributed by atoms with Crippen molar-refractivity contribution in [3.8, 4) is 0 Å². The number of esters is 1. The number of hydrogen-bond donors (Lipinski definition) is 0. The third-order valence-electron chi connectivity index (χ3n) is 1.38. The zero-order valence-electron chi connectivity index (χ0n) is 8.33. The van der Waals surface area contributed by atoms with Crippen LogP contribution in [-0.4, -0.2) is 24.6 Å². The number of Topliss-reactive ketones (excluding diaryl/α,β-unsaturated/α-hetero) is 1. The molecule has 0 aliphatic rings. The minimum atomic E-state index is -0.524. The van der Waals surface area contributed by atoms with Crippen LogP contribution < -0.4 is 0 Å². The lowest BCUT2D eigenvalue weighted by Gasteiger charge is -2.11. The third-order valence-corrected chi connectivity index (χ3v) is 1.38. The summed E-state index contributed by atoms with van der Waals surface area (Å²) in [6, 6.07) is 0. The number of carbonyl (C=O) groups is 2. The fourth-order valence-electron chi connectivity index (χ4n) is 0.791. The van der Waals surface area contributed by atoms with E-state index in [0.29, 0.717) is 6.61 Å². The number of ether oxygens (including phenoxy) is 2. The van der Waals surface area contributed by atoms with Gasteiger partial charge in [0.2, 0.25) is 0 Å². The molecule has 0 aromatic carbocycles. The predicted molar refractivity (Wildman–Crippen MR) is 47.1 cm³/mol. The number of ketones is 1. The van der Waals surface area contributed by atoms with Gasteiger partial charge in [-0.15, -0.1) is 0 Å². The molecule has 0 rings (SSSR count). The summed E-state index contributed by atoms with van der Waals surface area (Å²) < 4.78 is 9.82. The van der Waals surface area contributed by atoms with Crippen LogP contribution in [0.1, 0.15) is 33.6 Å². The van der Waals surface area contributed by atoms with Gasteiger partial charge in [0.1, 0.15) is 5.78 Å². The van der Waals surface area contributed by atoms with E-state index >= 15 is 0 Å². The molecule has 1 atom stereocenters. The molecule has 4 nitrogen and oxygen atoms in total. The summed E-state index contributed by atoms with van der Waals surface area (Å²) in [7, 11) is 0. The van der Waals surface area contributed by atoms with Crippen molar-refractivity contribution >= 4 is 11.8 Å². The molecule has 13 heavy (non-hydrogen) atoms. The Balaban J connectivity index is 3.55. The molecule has 76 valence electrons. The summed E-state index contributed by atoms with van der Waals surface area (Å²) in [4.78, 5) is 21.5. The minimum Gasteiger partial charge on any atom is -0.436 e. The molecule has 0 aromatic heterocycles. The molecule has 0 fully saturated rings. The predicted octanol–water partition coefficient (Wildman–Crippen LogP) is 1.28. The summed E-state index contributed by atoms with van der Waals surface area (Å²) in [5, 5.41) is 0. The van der Waals surface area contributed by atoms with Crippen LogP contribution in [0.25, 0.3) is 0 Å². The highest BCUT2D eigenvalue weighted by Gasteiger charge is 2.09. The topological polar surface area (TPSA) is 52.6 Å². The molecule has 0 amide bonds. The van der Waals surface area contributed by atoms with Crippen LogP contribution in [0, 0.1) is 0 Å². The monoisotopic (exact) mass is 188 g/mol. The van der Waals surface area contributed by atoms with E-state index < -0.39 is 12.3 Å². The van der Waals surface area contributed by atoms with E-state index in [0.717, 1.165) is 0 Å². The maximum Gasteiger partial charge on any atom is 0.308 e. The number of carbonyl (C=O) groups excluding carboxylic acids is 2. The largest absolute Gasteiger partial charge is 0.436 e. The average Bonchev–Trinajstić information content (AvgIpc) is 2.01. The summed E-state index contributed by atoms with van der Waals surface area (Å²) in [6.07, 6.45) is -0.158. The van der Waals surface area contributed by atoms with Crippen molar-refractivity contribution in [3.05, 3.63) is 0 Å². The van der Waals surface area contributed by atoms with E-state index in [1.54, 1.807) is 6.92 Å². The molecule has 4 heteroatoms. The fraction of sp³-hybridized carbons (Fsp3) is 0.778. The van der Waals surface area contributed by atoms with E-state index in [-0.39, 0.29) is 18.6 Å². The molecule has 0 radical (unpaired) electrons. The van der Waals surface area contributed by atoms with Gasteiger partial charge in [0, 0.05) is 13.0 Å². The molecule has 0 aliphatic heterocycles. The van der Waals surface area contributed by atoms with Crippen LogP contribution in [-0.2, 0) is 19.1 Å². The third kappa shape index (κ3) is 7.46. The van der Waals surface area contributed by atoms with Gasteiger partial charge in [-0.2, -0.15) is 0 Å². The fourth-order valence-corrected chi connectivity index (χ4v) is 0.791. The second kappa shape index (κ2) is 6.60. The average molecular weight is 188 g/mol. The van der Waals surface area contributed by atoms with Gasteiger partial charge in [-0.05, 0) is 20.8 Å². The van der Waals surface area contributed by atoms with E-state index in [9.17, 15) is 9.59 Å². The summed E-state index contributed by atoms with van der Waals surface area (Å²) in [5.74, 6) is -0.405. The van der Waals surface area contributed by atoms with Crippen LogP contribution >= 0.6 is 0 Å². The Kier molecular flexibility index (Phi) is 6.14. The molecule has 0 saturated carbocycles. The van der Waals surface area contributed by atoms with Crippen molar-refractivity contribution in [2.45, 2.75) is 39.9 Å². The summed E-state index contributed by atoms with van der Waals surface area (Å²) in [6.45, 7) is 5.41. The Morgan fingerprint density at radius 3 is 2.38 bits per heavy atom. The Hall–Kier alpha value is -0.900. The normalized spacial score (nSPS) is 12.2. The maximum atomic E-state index is 11.0. The summed E-state index contributed by atoms with van der Waals surface area (Å²) >= 11 is 0. The Bertz CT molecular complexity index is 176. The van der Waals surface area contributed by atoms with Crippen LogP contribution in [0.5, 0.6) is 0 Å². The molecule has 0 aliphatic carbocycles. The van der Waals surface area contributed by atoms with E-state index in [1.807, 2.05) is 6.92 Å². The molecule has 0 saturated heterocycles. The van der Waals surface area contributed by atoms with Gasteiger partial charge in [0.05, 0.1) is 6.42 Å². The molecule has 0 spiro atoms. The second-order valence-electron chi connectivity index (χ2n) is 2.71. The highest BCUT2D eigenvalue weighted by Crippen LogP contribution is 1.99. The highest BCUT2D eigenvalue weighted by atomic mass is 16.7. The van der Waals surface area contributed by atoms with E-state index in [4.69, 9.17) is 9.47 Å². The zero-order chi connectivity index (χ0) is 10.3. The lowest BCUT2D eigenvalue weighted by Crippen LogP contribution is -2.18. The van der Waals surface area contributed by atoms with Gasteiger partial charge in [-0.1, -0.05) is 0 Å². The van der Waals surface area contributed by atoms with Gasteiger partial charge < -0.3 is 14.3 Å². The van der Waals surface area contributed by atoms with Crippen LogP contribution in [0.4, 0.5) is 0 Å². The first-order valence-electron chi connectivity index (χ1n) is 4.36. The maximum absolute atomic E-state index is 11.0. The van der Waals surface area contributed by atoms with Crippen molar-refractivity contribution in [3.63, 3.8) is 0 Å². The van der Waals surface area contributed by atoms with Gasteiger partial charge in [0.15, 0.2) is 6.29 Å². The van der Waals surface area contributed by atoms with E-state index in [2.05, 4.69) is 0 Å². The molecule has 0 heterocycles. The van der Waals surface area contributed by atoms with Crippen molar-refractivity contribution in [1.82, 2.24) is 0 Å². The van der Waals surface area contributed by atoms with Gasteiger partial charge >= 0.3 is 5.97 Å². The molecular formula is C9H16O4. The Morgan fingerprint density at radius 1 is 1.31 bits per heavy atom. The molecule has 0 N–H and O–H groups in total. The lowest BCUT2D eigenvalue weighted by molar-refractivity contribution is -0.174. The van der Waals surface area contributed by atoms with Crippen LogP contribution in [0.2, 0.25) is 0 Å². The van der Waals surface area contributed by atoms with Crippen molar-refractivity contribution in [2.24, 2.45) is 0 Å². The first-order valence-corrected chi connectivity index (χ1v) is 4.36. The first-order chi connectivity index (χ1) is 6.06. The summed E-state index contributed by atoms with van der Waals surface area (Å²) in [5.41, 5.74) is 0. The van der Waals surface area contributed by atoms with Crippen molar-refractivity contribution in [1.29, 1.82) is 0 Å². The van der Waals surface area contributed by atoms with Gasteiger partial charge in [-0.3, -0.25) is 4.79 Å². The van der Waals surface area contributed by atoms with E-state index in [1.165, 1.54) is 6.92 Å². The highest BCUT2D eigenvalue weighted by molar-refractivity contribution is 5.80. The first kappa shape index (κ1) is 12.1. The molecule has 0 aromatic rings.